The molecule has 0 heterocycles. The van der Waals surface area contributed by atoms with Crippen LogP contribution in [0.1, 0.15) is 15.9 Å². The molecular formula is C14H9ClFN3O. The van der Waals surface area contributed by atoms with Crippen molar-refractivity contribution in [2.24, 2.45) is 0 Å². The fraction of sp³-hybridized carbons (Fsp3) is 0. The Morgan fingerprint density at radius 2 is 2.10 bits per heavy atom. The number of nitrogens with one attached hydrogen (secondary N) is 1. The SMILES string of the molecule is N#Cc1ccc(Cl)c(NC(=O)c2cccc(F)c2N)c1. The summed E-state index contributed by atoms with van der Waals surface area (Å²) in [7, 11) is 0. The highest BCUT2D eigenvalue weighted by molar-refractivity contribution is 6.34. The topological polar surface area (TPSA) is 78.9 Å². The Kier molecular flexibility index (Phi) is 3.87. The van der Waals surface area contributed by atoms with E-state index in [9.17, 15) is 9.18 Å². The Labute approximate surface area is 119 Å². The Morgan fingerprint density at radius 3 is 2.80 bits per heavy atom. The Morgan fingerprint density at radius 1 is 1.35 bits per heavy atom. The van der Waals surface area contributed by atoms with Crippen molar-refractivity contribution >= 4 is 28.9 Å². The van der Waals surface area contributed by atoms with Gasteiger partial charge in [0.05, 0.1) is 33.6 Å². The highest BCUT2D eigenvalue weighted by Crippen LogP contribution is 2.24. The van der Waals surface area contributed by atoms with Crippen LogP contribution in [0.3, 0.4) is 0 Å². The molecule has 0 atom stereocenters. The molecule has 0 unspecified atom stereocenters. The van der Waals surface area contributed by atoms with Crippen LogP contribution in [0.2, 0.25) is 5.02 Å². The van der Waals surface area contributed by atoms with Crippen molar-refractivity contribution in [1.82, 2.24) is 0 Å². The zero-order valence-corrected chi connectivity index (χ0v) is 10.9. The molecule has 0 saturated heterocycles. The summed E-state index contributed by atoms with van der Waals surface area (Å²) in [5.74, 6) is -1.27. The number of carbonyl (C=O) groups excluding carboxylic acids is 1. The molecule has 0 fully saturated rings. The minimum absolute atomic E-state index is 0.00317. The summed E-state index contributed by atoms with van der Waals surface area (Å²) in [5, 5.41) is 11.6. The minimum Gasteiger partial charge on any atom is -0.396 e. The molecular weight excluding hydrogens is 281 g/mol. The lowest BCUT2D eigenvalue weighted by Crippen LogP contribution is -2.15. The van der Waals surface area contributed by atoms with Crippen LogP contribution in [-0.4, -0.2) is 5.91 Å². The molecule has 20 heavy (non-hydrogen) atoms. The molecule has 2 aromatic carbocycles. The van der Waals surface area contributed by atoms with E-state index in [2.05, 4.69) is 5.32 Å². The van der Waals surface area contributed by atoms with E-state index in [0.29, 0.717) is 5.56 Å². The molecule has 100 valence electrons. The molecule has 0 radical (unpaired) electrons. The number of carbonyl (C=O) groups is 1. The number of amides is 1. The second kappa shape index (κ2) is 5.59. The van der Waals surface area contributed by atoms with Crippen LogP contribution in [0, 0.1) is 17.1 Å². The molecule has 1 amide bonds. The standard InChI is InChI=1S/C14H9ClFN3O/c15-10-5-4-8(7-17)6-12(10)19-14(20)9-2-1-3-11(16)13(9)18/h1-6H,18H2,(H,19,20). The van der Waals surface area contributed by atoms with Crippen molar-refractivity contribution in [3.05, 3.63) is 58.4 Å². The number of nitrogens with zero attached hydrogens (tertiary/aromatic N) is 1. The van der Waals surface area contributed by atoms with Gasteiger partial charge in [0.25, 0.3) is 5.91 Å². The van der Waals surface area contributed by atoms with Gasteiger partial charge in [0.1, 0.15) is 5.82 Å². The number of hydrogen-bond acceptors (Lipinski definition) is 3. The number of rotatable bonds is 2. The molecule has 2 aromatic rings. The fourth-order valence-corrected chi connectivity index (χ4v) is 1.78. The molecule has 0 spiro atoms. The average molecular weight is 290 g/mol. The second-order valence-corrected chi connectivity index (χ2v) is 4.37. The predicted molar refractivity (Wildman–Crippen MR) is 74.9 cm³/mol. The molecule has 0 bridgehead atoms. The number of halogens is 2. The van der Waals surface area contributed by atoms with Crippen LogP contribution in [0.4, 0.5) is 15.8 Å². The second-order valence-electron chi connectivity index (χ2n) is 3.96. The van der Waals surface area contributed by atoms with E-state index >= 15 is 0 Å². The fourth-order valence-electron chi connectivity index (χ4n) is 1.62. The van der Waals surface area contributed by atoms with Gasteiger partial charge in [-0.1, -0.05) is 17.7 Å². The van der Waals surface area contributed by atoms with Crippen LogP contribution in [0.15, 0.2) is 36.4 Å². The largest absolute Gasteiger partial charge is 0.396 e. The maximum absolute atomic E-state index is 13.3. The van der Waals surface area contributed by atoms with E-state index in [-0.39, 0.29) is 22.0 Å². The van der Waals surface area contributed by atoms with Crippen molar-refractivity contribution in [2.45, 2.75) is 0 Å². The first-order valence-electron chi connectivity index (χ1n) is 5.58. The summed E-state index contributed by atoms with van der Waals surface area (Å²) in [4.78, 5) is 12.0. The zero-order valence-electron chi connectivity index (χ0n) is 10.2. The Hall–Kier alpha value is -2.58. The molecule has 4 nitrogen and oxygen atoms in total. The monoisotopic (exact) mass is 289 g/mol. The first-order chi connectivity index (χ1) is 9.52. The van der Waals surface area contributed by atoms with Crippen LogP contribution in [-0.2, 0) is 0 Å². The van der Waals surface area contributed by atoms with Crippen LogP contribution < -0.4 is 11.1 Å². The maximum atomic E-state index is 13.3. The molecule has 6 heteroatoms. The van der Waals surface area contributed by atoms with Crippen molar-refractivity contribution in [1.29, 1.82) is 5.26 Å². The summed E-state index contributed by atoms with van der Waals surface area (Å²) < 4.78 is 13.3. The number of nitrogens with two attached hydrogens (primary N) is 1. The number of para-hydroxylation sites is 1. The molecule has 0 aromatic heterocycles. The van der Waals surface area contributed by atoms with Crippen molar-refractivity contribution in [2.75, 3.05) is 11.1 Å². The number of hydrogen-bond donors (Lipinski definition) is 2. The molecule has 0 aliphatic rings. The third-order valence-electron chi connectivity index (χ3n) is 2.64. The van der Waals surface area contributed by atoms with Gasteiger partial charge in [-0.15, -0.1) is 0 Å². The molecule has 0 aliphatic carbocycles. The van der Waals surface area contributed by atoms with E-state index in [0.717, 1.165) is 6.07 Å². The summed E-state index contributed by atoms with van der Waals surface area (Å²) in [6.45, 7) is 0. The lowest BCUT2D eigenvalue weighted by molar-refractivity contribution is 0.102. The van der Waals surface area contributed by atoms with Gasteiger partial charge >= 0.3 is 0 Å². The first kappa shape index (κ1) is 13.8. The normalized spacial score (nSPS) is 9.85. The lowest BCUT2D eigenvalue weighted by atomic mass is 10.1. The van der Waals surface area contributed by atoms with Gasteiger partial charge in [0.2, 0.25) is 0 Å². The third-order valence-corrected chi connectivity index (χ3v) is 2.97. The van der Waals surface area contributed by atoms with Gasteiger partial charge in [0.15, 0.2) is 0 Å². The molecule has 0 saturated carbocycles. The summed E-state index contributed by atoms with van der Waals surface area (Å²) in [6, 6.07) is 10.3. The number of benzene rings is 2. The zero-order chi connectivity index (χ0) is 14.7. The third kappa shape index (κ3) is 2.71. The summed E-state index contributed by atoms with van der Waals surface area (Å²) in [5.41, 5.74) is 5.88. The van der Waals surface area contributed by atoms with E-state index in [4.69, 9.17) is 22.6 Å². The lowest BCUT2D eigenvalue weighted by Gasteiger charge is -2.09. The van der Waals surface area contributed by atoms with Crippen molar-refractivity contribution < 1.29 is 9.18 Å². The minimum atomic E-state index is -0.672. The summed E-state index contributed by atoms with van der Waals surface area (Å²) in [6.07, 6.45) is 0. The van der Waals surface area contributed by atoms with Crippen molar-refractivity contribution in [3.63, 3.8) is 0 Å². The van der Waals surface area contributed by atoms with Gasteiger partial charge in [-0.05, 0) is 30.3 Å². The van der Waals surface area contributed by atoms with E-state index < -0.39 is 11.7 Å². The van der Waals surface area contributed by atoms with Crippen LogP contribution >= 0.6 is 11.6 Å². The highest BCUT2D eigenvalue weighted by atomic mass is 35.5. The quantitative estimate of drug-likeness (QED) is 0.833. The molecule has 2 rings (SSSR count). The van der Waals surface area contributed by atoms with Gasteiger partial charge in [0, 0.05) is 0 Å². The van der Waals surface area contributed by atoms with E-state index in [1.165, 1.54) is 30.3 Å². The van der Waals surface area contributed by atoms with Gasteiger partial charge in [-0.25, -0.2) is 4.39 Å². The molecule has 3 N–H and O–H groups in total. The molecule has 0 aliphatic heterocycles. The first-order valence-corrected chi connectivity index (χ1v) is 5.95. The van der Waals surface area contributed by atoms with Gasteiger partial charge in [-0.2, -0.15) is 5.26 Å². The highest BCUT2D eigenvalue weighted by Gasteiger charge is 2.14. The van der Waals surface area contributed by atoms with Crippen LogP contribution in [0.5, 0.6) is 0 Å². The number of nitriles is 1. The summed E-state index contributed by atoms with van der Waals surface area (Å²) >= 11 is 5.93. The Balaban J connectivity index is 2.33. The van der Waals surface area contributed by atoms with E-state index in [1.807, 2.05) is 6.07 Å². The van der Waals surface area contributed by atoms with Crippen LogP contribution in [0.25, 0.3) is 0 Å². The van der Waals surface area contributed by atoms with Gasteiger partial charge in [-0.3, -0.25) is 4.79 Å². The predicted octanol–water partition coefficient (Wildman–Crippen LogP) is 3.19. The number of nitrogen functional groups attached to an aromatic ring is 1. The van der Waals surface area contributed by atoms with Crippen molar-refractivity contribution in [3.8, 4) is 6.07 Å². The number of anilines is 2. The van der Waals surface area contributed by atoms with Gasteiger partial charge < -0.3 is 11.1 Å². The maximum Gasteiger partial charge on any atom is 0.257 e. The Bertz CT molecular complexity index is 725. The van der Waals surface area contributed by atoms with E-state index in [1.54, 1.807) is 0 Å². The smallest absolute Gasteiger partial charge is 0.257 e. The average Bonchev–Trinajstić information content (AvgIpc) is 2.44.